The summed E-state index contributed by atoms with van der Waals surface area (Å²) >= 11 is 6.10. The molecule has 1 fully saturated rings. The van der Waals surface area contributed by atoms with Crippen LogP contribution in [0, 0.1) is 0 Å². The Bertz CT molecular complexity index is 899. The van der Waals surface area contributed by atoms with Gasteiger partial charge in [0.2, 0.25) is 0 Å². The van der Waals surface area contributed by atoms with Gasteiger partial charge in [0.15, 0.2) is 0 Å². The van der Waals surface area contributed by atoms with Crippen LogP contribution >= 0.6 is 24.0 Å². The lowest BCUT2D eigenvalue weighted by molar-refractivity contribution is -0.00202. The minimum atomic E-state index is -1.05. The highest BCUT2D eigenvalue weighted by molar-refractivity contribution is 6.30. The van der Waals surface area contributed by atoms with E-state index in [2.05, 4.69) is 4.90 Å². The van der Waals surface area contributed by atoms with E-state index >= 15 is 0 Å². The van der Waals surface area contributed by atoms with E-state index in [1.165, 1.54) is 6.07 Å². The summed E-state index contributed by atoms with van der Waals surface area (Å²) in [6, 6.07) is 12.2. The Morgan fingerprint density at radius 3 is 2.70 bits per heavy atom. The van der Waals surface area contributed by atoms with Crippen molar-refractivity contribution in [2.24, 2.45) is 0 Å². The van der Waals surface area contributed by atoms with Gasteiger partial charge in [-0.05, 0) is 35.9 Å². The van der Waals surface area contributed by atoms with Crippen LogP contribution in [0.15, 0.2) is 42.5 Å². The minimum Gasteiger partial charge on any atom is -0.490 e. The van der Waals surface area contributed by atoms with Crippen molar-refractivity contribution in [3.05, 3.63) is 58.6 Å². The second-order valence-corrected chi connectivity index (χ2v) is 8.22. The second kappa shape index (κ2) is 9.43. The molecule has 0 aromatic heterocycles. The lowest BCUT2D eigenvalue weighted by Crippen LogP contribution is -2.49. The molecule has 6 nitrogen and oxygen atoms in total. The summed E-state index contributed by atoms with van der Waals surface area (Å²) in [5.74, 6) is 0.149. The molecule has 1 spiro atoms. The molecule has 2 aromatic carbocycles. The maximum Gasteiger partial charge on any atom is 0.339 e. The van der Waals surface area contributed by atoms with E-state index in [0.717, 1.165) is 48.7 Å². The Labute approximate surface area is 186 Å². The number of carboxylic acids is 1. The van der Waals surface area contributed by atoms with Gasteiger partial charge in [-0.3, -0.25) is 0 Å². The molecular weight excluding hydrogens is 429 g/mol. The molecule has 0 saturated carbocycles. The third-order valence-electron chi connectivity index (χ3n) is 5.65. The molecule has 2 aromatic rings. The van der Waals surface area contributed by atoms with E-state index in [9.17, 15) is 15.0 Å². The smallest absolute Gasteiger partial charge is 0.339 e. The maximum absolute atomic E-state index is 11.2. The van der Waals surface area contributed by atoms with E-state index < -0.39 is 12.1 Å². The zero-order chi connectivity index (χ0) is 20.4. The van der Waals surface area contributed by atoms with Crippen LogP contribution < -0.4 is 9.47 Å². The van der Waals surface area contributed by atoms with Crippen LogP contribution in [0.3, 0.4) is 0 Å². The highest BCUT2D eigenvalue weighted by Gasteiger charge is 2.42. The van der Waals surface area contributed by atoms with Crippen LogP contribution in [0.5, 0.6) is 11.5 Å². The third kappa shape index (κ3) is 5.01. The topological polar surface area (TPSA) is 79.2 Å². The first-order valence-corrected chi connectivity index (χ1v) is 10.1. The standard InChI is InChI=1S/C22H24ClNO5.ClH/c23-16-5-6-19-15(11-16)12-22(29-19)7-9-24(10-8-22)13-17(25)14-28-20-4-2-1-3-18(20)21(26)27;/h1-6,11,17,25H,7-10,12-14H2,(H,26,27);1H/t17-;/m0./s1. The van der Waals surface area contributed by atoms with Gasteiger partial charge in [0.25, 0.3) is 0 Å². The summed E-state index contributed by atoms with van der Waals surface area (Å²) < 4.78 is 11.8. The number of likely N-dealkylation sites (tertiary alicyclic amines) is 1. The van der Waals surface area contributed by atoms with Gasteiger partial charge in [-0.2, -0.15) is 0 Å². The average Bonchev–Trinajstić information content (AvgIpc) is 3.05. The van der Waals surface area contributed by atoms with E-state index in [1.807, 2.05) is 18.2 Å². The number of benzene rings is 2. The number of β-amino-alcohol motifs (C(OH)–C–C–N with tert-alkyl or cyclic N) is 1. The van der Waals surface area contributed by atoms with Crippen LogP contribution in [0.25, 0.3) is 0 Å². The summed E-state index contributed by atoms with van der Waals surface area (Å²) in [7, 11) is 0. The molecular formula is C22H25Cl2NO5. The number of ether oxygens (including phenoxy) is 2. The molecule has 1 saturated heterocycles. The summed E-state index contributed by atoms with van der Waals surface area (Å²) in [4.78, 5) is 13.4. The van der Waals surface area contributed by atoms with Crippen molar-refractivity contribution >= 4 is 30.0 Å². The number of hydrogen-bond acceptors (Lipinski definition) is 5. The number of carbonyl (C=O) groups is 1. The zero-order valence-electron chi connectivity index (χ0n) is 16.4. The monoisotopic (exact) mass is 453 g/mol. The molecule has 30 heavy (non-hydrogen) atoms. The zero-order valence-corrected chi connectivity index (χ0v) is 18.0. The van der Waals surface area contributed by atoms with E-state index in [1.54, 1.807) is 18.2 Å². The molecule has 162 valence electrons. The lowest BCUT2D eigenvalue weighted by atomic mass is 9.87. The highest BCUT2D eigenvalue weighted by atomic mass is 35.5. The first kappa shape index (κ1) is 22.7. The van der Waals surface area contributed by atoms with E-state index in [0.29, 0.717) is 6.54 Å². The Balaban J connectivity index is 0.00000256. The fourth-order valence-corrected chi connectivity index (χ4v) is 4.32. The number of piperidine rings is 1. The maximum atomic E-state index is 11.2. The lowest BCUT2D eigenvalue weighted by Gasteiger charge is -2.39. The number of fused-ring (bicyclic) bond motifs is 1. The molecule has 2 heterocycles. The fraction of sp³-hybridized carbons (Fsp3) is 0.409. The van der Waals surface area contributed by atoms with Gasteiger partial charge in [0, 0.05) is 43.9 Å². The largest absolute Gasteiger partial charge is 0.490 e. The van der Waals surface area contributed by atoms with Crippen LogP contribution in [-0.4, -0.2) is 59.0 Å². The van der Waals surface area contributed by atoms with Crippen LogP contribution in [-0.2, 0) is 6.42 Å². The van der Waals surface area contributed by atoms with Crippen molar-refractivity contribution in [3.8, 4) is 11.5 Å². The number of para-hydroxylation sites is 1. The van der Waals surface area contributed by atoms with Crippen molar-refractivity contribution in [3.63, 3.8) is 0 Å². The van der Waals surface area contributed by atoms with Crippen molar-refractivity contribution < 1.29 is 24.5 Å². The fourth-order valence-electron chi connectivity index (χ4n) is 4.13. The van der Waals surface area contributed by atoms with Gasteiger partial charge >= 0.3 is 5.97 Å². The van der Waals surface area contributed by atoms with Crippen LogP contribution in [0.4, 0.5) is 0 Å². The Hall–Kier alpha value is -1.99. The number of carboxylic acid groups (broad SMARTS) is 1. The molecule has 0 bridgehead atoms. The molecule has 4 rings (SSSR count). The molecule has 2 N–H and O–H groups in total. The molecule has 0 radical (unpaired) electrons. The Morgan fingerprint density at radius 2 is 1.97 bits per heavy atom. The molecule has 1 atom stereocenters. The van der Waals surface area contributed by atoms with Gasteiger partial charge in [-0.25, -0.2) is 4.79 Å². The number of rotatable bonds is 6. The van der Waals surface area contributed by atoms with Gasteiger partial charge in [-0.1, -0.05) is 23.7 Å². The SMILES string of the molecule is Cl.O=C(O)c1ccccc1OC[C@@H](O)CN1CCC2(CC1)Cc1cc(Cl)ccc1O2. The summed E-state index contributed by atoms with van der Waals surface area (Å²) in [5, 5.41) is 20.3. The normalized spacial score (nSPS) is 18.2. The van der Waals surface area contributed by atoms with E-state index in [-0.39, 0.29) is 35.9 Å². The molecule has 0 aliphatic carbocycles. The third-order valence-corrected chi connectivity index (χ3v) is 5.88. The highest BCUT2D eigenvalue weighted by Crippen LogP contribution is 2.41. The van der Waals surface area contributed by atoms with Crippen molar-refractivity contribution in [2.75, 3.05) is 26.2 Å². The number of halogens is 2. The van der Waals surface area contributed by atoms with Gasteiger partial charge in [-0.15, -0.1) is 12.4 Å². The predicted octanol–water partition coefficient (Wildman–Crippen LogP) is 3.67. The molecule has 2 aliphatic heterocycles. The quantitative estimate of drug-likeness (QED) is 0.694. The predicted molar refractivity (Wildman–Crippen MR) is 116 cm³/mol. The summed E-state index contributed by atoms with van der Waals surface area (Å²) in [5.41, 5.74) is 1.08. The summed E-state index contributed by atoms with van der Waals surface area (Å²) in [6.45, 7) is 2.17. The van der Waals surface area contributed by atoms with Crippen molar-refractivity contribution in [1.29, 1.82) is 0 Å². The number of aliphatic hydroxyl groups excluding tert-OH is 1. The first-order valence-electron chi connectivity index (χ1n) is 9.77. The van der Waals surface area contributed by atoms with Crippen LogP contribution in [0.2, 0.25) is 5.02 Å². The van der Waals surface area contributed by atoms with Gasteiger partial charge in [0.05, 0.1) is 0 Å². The van der Waals surface area contributed by atoms with Crippen molar-refractivity contribution in [1.82, 2.24) is 4.90 Å². The van der Waals surface area contributed by atoms with E-state index in [4.69, 9.17) is 21.1 Å². The summed E-state index contributed by atoms with van der Waals surface area (Å²) in [6.07, 6.45) is 1.93. The number of aromatic carboxylic acids is 1. The average molecular weight is 454 g/mol. The number of nitrogens with zero attached hydrogens (tertiary/aromatic N) is 1. The Kier molecular flexibility index (Phi) is 7.14. The number of aliphatic hydroxyl groups is 1. The van der Waals surface area contributed by atoms with Crippen molar-refractivity contribution in [2.45, 2.75) is 31.0 Å². The van der Waals surface area contributed by atoms with Crippen LogP contribution in [0.1, 0.15) is 28.8 Å². The first-order chi connectivity index (χ1) is 13.9. The van der Waals surface area contributed by atoms with Gasteiger partial charge < -0.3 is 24.6 Å². The Morgan fingerprint density at radius 1 is 1.23 bits per heavy atom. The minimum absolute atomic E-state index is 0. The number of hydrogen-bond donors (Lipinski definition) is 2. The molecule has 2 aliphatic rings. The molecule has 0 amide bonds. The second-order valence-electron chi connectivity index (χ2n) is 7.78. The van der Waals surface area contributed by atoms with Gasteiger partial charge in [0.1, 0.15) is 35.4 Å². The molecule has 0 unspecified atom stereocenters. The molecule has 8 heteroatoms.